The molecule has 0 bridgehead atoms. The van der Waals surface area contributed by atoms with E-state index in [0.29, 0.717) is 0 Å². The van der Waals surface area contributed by atoms with Gasteiger partial charge in [0.1, 0.15) is 24.2 Å². The number of rotatable bonds is 15. The molecular formula is C18H31N5O9. The van der Waals surface area contributed by atoms with Gasteiger partial charge in [-0.15, -0.1) is 0 Å². The van der Waals surface area contributed by atoms with Gasteiger partial charge in [0.2, 0.25) is 23.6 Å². The molecule has 10 N–H and O–H groups in total. The zero-order chi connectivity index (χ0) is 25.0. The van der Waals surface area contributed by atoms with E-state index in [1.54, 1.807) is 13.8 Å². The molecule has 4 atom stereocenters. The van der Waals surface area contributed by atoms with E-state index >= 15 is 0 Å². The molecule has 0 heterocycles. The highest BCUT2D eigenvalue weighted by molar-refractivity contribution is 5.95. The van der Waals surface area contributed by atoms with Crippen molar-refractivity contribution >= 4 is 35.6 Å². The average Bonchev–Trinajstić information content (AvgIpc) is 2.67. The maximum absolute atomic E-state index is 12.6. The number of hydrogen-bond donors (Lipinski definition) is 8. The van der Waals surface area contributed by atoms with Crippen LogP contribution in [0.4, 0.5) is 0 Å². The van der Waals surface area contributed by atoms with Crippen LogP contribution in [-0.2, 0) is 28.8 Å². The SMILES string of the molecule is CC(C)CC(NC(=O)C(CCC(N)=O)NC(=O)C(CC(=O)O)NC(=O)C(N)CO)C(=O)O. The summed E-state index contributed by atoms with van der Waals surface area (Å²) in [6.45, 7) is 2.72. The fourth-order valence-corrected chi connectivity index (χ4v) is 2.54. The lowest BCUT2D eigenvalue weighted by Crippen LogP contribution is -2.58. The first-order valence-electron chi connectivity index (χ1n) is 9.78. The van der Waals surface area contributed by atoms with Crippen molar-refractivity contribution in [2.24, 2.45) is 17.4 Å². The number of aliphatic carboxylic acids is 2. The van der Waals surface area contributed by atoms with Gasteiger partial charge < -0.3 is 42.7 Å². The first-order chi connectivity index (χ1) is 14.8. The minimum absolute atomic E-state index is 0.0825. The van der Waals surface area contributed by atoms with Gasteiger partial charge in [-0.25, -0.2) is 4.79 Å². The highest BCUT2D eigenvalue weighted by atomic mass is 16.4. The number of aliphatic hydroxyl groups is 1. The molecule has 4 amide bonds. The van der Waals surface area contributed by atoms with Gasteiger partial charge in [0.15, 0.2) is 0 Å². The molecule has 14 heteroatoms. The summed E-state index contributed by atoms with van der Waals surface area (Å²) in [5.41, 5.74) is 10.4. The third kappa shape index (κ3) is 11.2. The van der Waals surface area contributed by atoms with Crippen LogP contribution in [0, 0.1) is 5.92 Å². The monoisotopic (exact) mass is 461 g/mol. The fraction of sp³-hybridized carbons (Fsp3) is 0.667. The number of carbonyl (C=O) groups excluding carboxylic acids is 4. The molecule has 0 aromatic heterocycles. The van der Waals surface area contributed by atoms with Gasteiger partial charge in [-0.3, -0.25) is 24.0 Å². The maximum Gasteiger partial charge on any atom is 0.326 e. The Hall–Kier alpha value is -3.26. The largest absolute Gasteiger partial charge is 0.481 e. The number of carboxylic acid groups (broad SMARTS) is 2. The molecule has 0 aromatic carbocycles. The van der Waals surface area contributed by atoms with Crippen LogP contribution in [0.1, 0.15) is 39.5 Å². The lowest BCUT2D eigenvalue weighted by atomic mass is 10.0. The van der Waals surface area contributed by atoms with Crippen molar-refractivity contribution in [3.05, 3.63) is 0 Å². The van der Waals surface area contributed by atoms with Crippen LogP contribution in [0.25, 0.3) is 0 Å². The predicted octanol–water partition coefficient (Wildman–Crippen LogP) is -3.37. The van der Waals surface area contributed by atoms with Crippen LogP contribution in [0.3, 0.4) is 0 Å². The first-order valence-corrected chi connectivity index (χ1v) is 9.78. The van der Waals surface area contributed by atoms with E-state index in [1.807, 2.05) is 0 Å². The van der Waals surface area contributed by atoms with Crippen LogP contribution in [0.15, 0.2) is 0 Å². The average molecular weight is 461 g/mol. The molecule has 0 saturated heterocycles. The zero-order valence-corrected chi connectivity index (χ0v) is 17.9. The second-order valence-corrected chi connectivity index (χ2v) is 7.54. The van der Waals surface area contributed by atoms with E-state index in [-0.39, 0.29) is 25.2 Å². The van der Waals surface area contributed by atoms with E-state index in [0.717, 1.165) is 0 Å². The van der Waals surface area contributed by atoms with Crippen molar-refractivity contribution in [2.75, 3.05) is 6.61 Å². The fourth-order valence-electron chi connectivity index (χ4n) is 2.54. The molecule has 32 heavy (non-hydrogen) atoms. The molecule has 0 aliphatic rings. The molecule has 0 radical (unpaired) electrons. The lowest BCUT2D eigenvalue weighted by molar-refractivity contribution is -0.143. The Labute approximate surface area is 184 Å². The van der Waals surface area contributed by atoms with Crippen molar-refractivity contribution in [3.63, 3.8) is 0 Å². The van der Waals surface area contributed by atoms with Crippen LogP contribution in [0.2, 0.25) is 0 Å². The minimum atomic E-state index is -1.66. The number of primary amides is 1. The molecule has 182 valence electrons. The number of nitrogens with two attached hydrogens (primary N) is 2. The molecule has 0 saturated carbocycles. The smallest absolute Gasteiger partial charge is 0.326 e. The Morgan fingerprint density at radius 1 is 0.844 bits per heavy atom. The summed E-state index contributed by atoms with van der Waals surface area (Å²) in [5, 5.41) is 33.7. The summed E-state index contributed by atoms with van der Waals surface area (Å²) in [5.74, 6) is -6.66. The Balaban J connectivity index is 5.55. The third-order valence-corrected chi connectivity index (χ3v) is 4.18. The van der Waals surface area contributed by atoms with Gasteiger partial charge >= 0.3 is 11.9 Å². The molecule has 4 unspecified atom stereocenters. The lowest BCUT2D eigenvalue weighted by Gasteiger charge is -2.24. The van der Waals surface area contributed by atoms with Crippen molar-refractivity contribution in [3.8, 4) is 0 Å². The molecule has 0 aliphatic carbocycles. The minimum Gasteiger partial charge on any atom is -0.481 e. The zero-order valence-electron chi connectivity index (χ0n) is 17.9. The summed E-state index contributed by atoms with van der Waals surface area (Å²) in [4.78, 5) is 70.7. The van der Waals surface area contributed by atoms with Crippen molar-refractivity contribution < 1.29 is 44.1 Å². The second-order valence-electron chi connectivity index (χ2n) is 7.54. The van der Waals surface area contributed by atoms with E-state index in [2.05, 4.69) is 16.0 Å². The molecular weight excluding hydrogens is 430 g/mol. The summed E-state index contributed by atoms with van der Waals surface area (Å²) in [7, 11) is 0. The predicted molar refractivity (Wildman–Crippen MR) is 109 cm³/mol. The van der Waals surface area contributed by atoms with Gasteiger partial charge in [0.05, 0.1) is 13.0 Å². The maximum atomic E-state index is 12.6. The van der Waals surface area contributed by atoms with E-state index < -0.39 is 72.8 Å². The van der Waals surface area contributed by atoms with Gasteiger partial charge in [0, 0.05) is 6.42 Å². The van der Waals surface area contributed by atoms with Crippen LogP contribution < -0.4 is 27.4 Å². The van der Waals surface area contributed by atoms with Crippen molar-refractivity contribution in [2.45, 2.75) is 63.7 Å². The number of amides is 4. The Morgan fingerprint density at radius 2 is 1.34 bits per heavy atom. The molecule has 0 aliphatic heterocycles. The first kappa shape index (κ1) is 28.7. The summed E-state index contributed by atoms with van der Waals surface area (Å²) >= 11 is 0. The standard InChI is InChI=1S/C18H31N5O9/c1-8(2)5-12(18(31)32)23-16(29)10(3-4-13(20)25)21-17(30)11(6-14(26)27)22-15(28)9(19)7-24/h8-12,24H,3-7,19H2,1-2H3,(H2,20,25)(H,21,30)(H,22,28)(H,23,29)(H,26,27)(H,31,32). The van der Waals surface area contributed by atoms with Crippen molar-refractivity contribution in [1.82, 2.24) is 16.0 Å². The molecule has 14 nitrogen and oxygen atoms in total. The number of carbonyl (C=O) groups is 6. The second kappa shape index (κ2) is 13.9. The number of hydrogen-bond acceptors (Lipinski definition) is 8. The summed E-state index contributed by atoms with van der Waals surface area (Å²) < 4.78 is 0. The van der Waals surface area contributed by atoms with Crippen LogP contribution in [0.5, 0.6) is 0 Å². The number of nitrogens with one attached hydrogen (secondary N) is 3. The molecule has 0 rings (SSSR count). The summed E-state index contributed by atoms with van der Waals surface area (Å²) in [6, 6.07) is -5.79. The Morgan fingerprint density at radius 3 is 1.78 bits per heavy atom. The van der Waals surface area contributed by atoms with Gasteiger partial charge in [-0.1, -0.05) is 13.8 Å². The molecule has 0 fully saturated rings. The van der Waals surface area contributed by atoms with E-state index in [9.17, 15) is 33.9 Å². The van der Waals surface area contributed by atoms with E-state index in [4.69, 9.17) is 21.7 Å². The van der Waals surface area contributed by atoms with Crippen LogP contribution >= 0.6 is 0 Å². The topological polar surface area (TPSA) is 251 Å². The Kier molecular flexibility index (Phi) is 12.5. The van der Waals surface area contributed by atoms with E-state index in [1.165, 1.54) is 0 Å². The highest BCUT2D eigenvalue weighted by Crippen LogP contribution is 2.07. The highest BCUT2D eigenvalue weighted by Gasteiger charge is 2.31. The Bertz CT molecular complexity index is 713. The molecule has 0 aromatic rings. The van der Waals surface area contributed by atoms with Crippen molar-refractivity contribution in [1.29, 1.82) is 0 Å². The summed E-state index contributed by atoms with van der Waals surface area (Å²) in [6.07, 6.45) is -1.42. The number of carboxylic acids is 2. The normalized spacial score (nSPS) is 14.5. The molecule has 0 spiro atoms. The quantitative estimate of drug-likeness (QED) is 0.120. The van der Waals surface area contributed by atoms with Crippen LogP contribution in [-0.4, -0.2) is 81.7 Å². The van der Waals surface area contributed by atoms with Gasteiger partial charge in [-0.2, -0.15) is 0 Å². The van der Waals surface area contributed by atoms with Gasteiger partial charge in [-0.05, 0) is 18.8 Å². The third-order valence-electron chi connectivity index (χ3n) is 4.18. The number of aliphatic hydroxyl groups excluding tert-OH is 1. The van der Waals surface area contributed by atoms with Gasteiger partial charge in [0.25, 0.3) is 0 Å².